The molecule has 1 aliphatic carbocycles. The molecule has 3 nitrogen and oxygen atoms in total. The Labute approximate surface area is 226 Å². The van der Waals surface area contributed by atoms with Crippen LogP contribution in [0.4, 0.5) is 0 Å². The molecule has 1 heterocycles. The molecule has 1 saturated carbocycles. The lowest BCUT2D eigenvalue weighted by Gasteiger charge is -2.20. The first kappa shape index (κ1) is 24.7. The van der Waals surface area contributed by atoms with E-state index >= 15 is 0 Å². The van der Waals surface area contributed by atoms with Crippen LogP contribution in [0.25, 0.3) is 11.0 Å². The SMILES string of the molecule is Cl.Oc1ccc(Cn2c(C3CC3)nc3ccc(C(c4ccc(Cl)cc4)c4ccc(Cl)cc4)cc32)cc1. The minimum Gasteiger partial charge on any atom is -0.508 e. The Bertz CT molecular complexity index is 1440. The van der Waals surface area contributed by atoms with Crippen molar-refractivity contribution in [3.8, 4) is 5.75 Å². The van der Waals surface area contributed by atoms with Crippen LogP contribution in [0.5, 0.6) is 5.75 Å². The van der Waals surface area contributed by atoms with E-state index in [0.29, 0.717) is 5.92 Å². The summed E-state index contributed by atoms with van der Waals surface area (Å²) in [5.74, 6) is 1.99. The molecule has 36 heavy (non-hydrogen) atoms. The van der Waals surface area contributed by atoms with Gasteiger partial charge in [-0.05, 0) is 83.6 Å². The maximum absolute atomic E-state index is 9.72. The molecule has 1 N–H and O–H groups in total. The highest BCUT2D eigenvalue weighted by atomic mass is 35.5. The molecule has 5 aromatic rings. The van der Waals surface area contributed by atoms with Gasteiger partial charge in [0.1, 0.15) is 11.6 Å². The van der Waals surface area contributed by atoms with E-state index in [2.05, 4.69) is 47.0 Å². The minimum atomic E-state index is 0. The molecule has 1 aliphatic rings. The molecule has 0 atom stereocenters. The summed E-state index contributed by atoms with van der Waals surface area (Å²) in [6.07, 6.45) is 2.37. The molecule has 6 rings (SSSR count). The topological polar surface area (TPSA) is 38.0 Å². The van der Waals surface area contributed by atoms with E-state index in [1.165, 1.54) is 29.5 Å². The fraction of sp³-hybridized carbons (Fsp3) is 0.167. The van der Waals surface area contributed by atoms with Gasteiger partial charge >= 0.3 is 0 Å². The van der Waals surface area contributed by atoms with Crippen LogP contribution >= 0.6 is 35.6 Å². The summed E-state index contributed by atoms with van der Waals surface area (Å²) in [4.78, 5) is 5.04. The van der Waals surface area contributed by atoms with Gasteiger partial charge in [0.2, 0.25) is 0 Å². The minimum absolute atomic E-state index is 0. The summed E-state index contributed by atoms with van der Waals surface area (Å²) in [7, 11) is 0. The average molecular weight is 536 g/mol. The van der Waals surface area contributed by atoms with Crippen LogP contribution in [0.1, 0.15) is 52.8 Å². The van der Waals surface area contributed by atoms with Crippen LogP contribution in [0, 0.1) is 0 Å². The van der Waals surface area contributed by atoms with Crippen molar-refractivity contribution in [1.29, 1.82) is 0 Å². The molecular formula is C30H25Cl3N2O. The highest BCUT2D eigenvalue weighted by molar-refractivity contribution is 6.30. The van der Waals surface area contributed by atoms with E-state index in [1.54, 1.807) is 12.1 Å². The molecule has 0 amide bonds. The molecule has 0 radical (unpaired) electrons. The van der Waals surface area contributed by atoms with Crippen LogP contribution in [0.2, 0.25) is 10.0 Å². The Morgan fingerprint density at radius 1 is 0.778 bits per heavy atom. The van der Waals surface area contributed by atoms with Crippen molar-refractivity contribution >= 4 is 46.6 Å². The molecular weight excluding hydrogens is 511 g/mol. The maximum atomic E-state index is 9.72. The molecule has 4 aromatic carbocycles. The van der Waals surface area contributed by atoms with Gasteiger partial charge in [0.25, 0.3) is 0 Å². The smallest absolute Gasteiger partial charge is 0.115 e. The van der Waals surface area contributed by atoms with Crippen molar-refractivity contribution in [3.63, 3.8) is 0 Å². The molecule has 1 aromatic heterocycles. The number of halogens is 3. The number of phenols is 1. The predicted octanol–water partition coefficient (Wildman–Crippen LogP) is 8.58. The van der Waals surface area contributed by atoms with Crippen molar-refractivity contribution in [2.45, 2.75) is 31.2 Å². The van der Waals surface area contributed by atoms with Gasteiger partial charge in [0.15, 0.2) is 0 Å². The van der Waals surface area contributed by atoms with Crippen molar-refractivity contribution in [3.05, 3.63) is 129 Å². The summed E-state index contributed by atoms with van der Waals surface area (Å²) in [5.41, 5.74) is 6.81. The number of hydrogen-bond acceptors (Lipinski definition) is 2. The molecule has 0 unspecified atom stereocenters. The van der Waals surface area contributed by atoms with E-state index in [4.69, 9.17) is 28.2 Å². The summed E-state index contributed by atoms with van der Waals surface area (Å²) in [6.45, 7) is 0.721. The largest absolute Gasteiger partial charge is 0.508 e. The van der Waals surface area contributed by atoms with Gasteiger partial charge in [-0.2, -0.15) is 0 Å². The number of fused-ring (bicyclic) bond motifs is 1. The van der Waals surface area contributed by atoms with Gasteiger partial charge < -0.3 is 9.67 Å². The summed E-state index contributed by atoms with van der Waals surface area (Å²) in [5, 5.41) is 11.2. The lowest BCUT2D eigenvalue weighted by Crippen LogP contribution is -2.06. The molecule has 0 bridgehead atoms. The number of aromatic nitrogens is 2. The number of hydrogen-bond donors (Lipinski definition) is 1. The molecule has 0 spiro atoms. The Hall–Kier alpha value is -2.98. The Morgan fingerprint density at radius 3 is 1.89 bits per heavy atom. The normalized spacial score (nSPS) is 13.2. The summed E-state index contributed by atoms with van der Waals surface area (Å²) < 4.78 is 2.35. The third-order valence-electron chi connectivity index (χ3n) is 6.76. The van der Waals surface area contributed by atoms with Crippen molar-refractivity contribution < 1.29 is 5.11 Å². The van der Waals surface area contributed by atoms with Crippen LogP contribution in [-0.2, 0) is 6.54 Å². The van der Waals surface area contributed by atoms with Crippen molar-refractivity contribution in [1.82, 2.24) is 9.55 Å². The van der Waals surface area contributed by atoms with E-state index in [9.17, 15) is 5.11 Å². The standard InChI is InChI=1S/C30H24Cl2N2O.ClH/c31-24-10-5-20(6-11-24)29(21-7-12-25(32)13-8-21)23-9-16-27-28(17-23)34(30(33-27)22-3-4-22)18-19-1-14-26(35)15-2-19;/h1-2,5-17,22,29,35H,3-4,18H2;1H. The average Bonchev–Trinajstić information content (AvgIpc) is 3.65. The lowest BCUT2D eigenvalue weighted by molar-refractivity contribution is 0.475. The lowest BCUT2D eigenvalue weighted by atomic mass is 9.85. The zero-order valence-electron chi connectivity index (χ0n) is 19.4. The monoisotopic (exact) mass is 534 g/mol. The zero-order valence-corrected chi connectivity index (χ0v) is 21.8. The van der Waals surface area contributed by atoms with Gasteiger partial charge in [0.05, 0.1) is 11.0 Å². The molecule has 0 aliphatic heterocycles. The Morgan fingerprint density at radius 2 is 1.33 bits per heavy atom. The second kappa shape index (κ2) is 10.2. The summed E-state index contributed by atoms with van der Waals surface area (Å²) in [6, 6.07) is 30.2. The highest BCUT2D eigenvalue weighted by Gasteiger charge is 2.30. The first-order valence-electron chi connectivity index (χ1n) is 11.8. The number of nitrogens with zero attached hydrogens (tertiary/aromatic N) is 2. The Balaban J connectivity index is 0.00000267. The fourth-order valence-electron chi connectivity index (χ4n) is 4.83. The van der Waals surface area contributed by atoms with Crippen LogP contribution in [0.15, 0.2) is 91.0 Å². The third kappa shape index (κ3) is 4.97. The van der Waals surface area contributed by atoms with Crippen LogP contribution < -0.4 is 0 Å². The quantitative estimate of drug-likeness (QED) is 0.221. The van der Waals surface area contributed by atoms with Crippen molar-refractivity contribution in [2.24, 2.45) is 0 Å². The number of rotatable bonds is 6. The third-order valence-corrected chi connectivity index (χ3v) is 7.27. The Kier molecular flexibility index (Phi) is 6.98. The fourth-order valence-corrected chi connectivity index (χ4v) is 5.08. The second-order valence-electron chi connectivity index (χ2n) is 9.28. The summed E-state index contributed by atoms with van der Waals surface area (Å²) >= 11 is 12.4. The maximum Gasteiger partial charge on any atom is 0.115 e. The number of aromatic hydroxyl groups is 1. The molecule has 182 valence electrons. The first-order chi connectivity index (χ1) is 17.0. The van der Waals surface area contributed by atoms with Crippen molar-refractivity contribution in [2.75, 3.05) is 0 Å². The van der Waals surface area contributed by atoms with E-state index in [1.807, 2.05) is 36.4 Å². The molecule has 0 saturated heterocycles. The first-order valence-corrected chi connectivity index (χ1v) is 12.6. The molecule has 1 fully saturated rings. The van der Waals surface area contributed by atoms with Gasteiger partial charge in [-0.25, -0.2) is 4.98 Å². The van der Waals surface area contributed by atoms with Gasteiger partial charge in [-0.1, -0.05) is 65.7 Å². The predicted molar refractivity (Wildman–Crippen MR) is 150 cm³/mol. The zero-order chi connectivity index (χ0) is 23.9. The van der Waals surface area contributed by atoms with Gasteiger partial charge in [-0.3, -0.25) is 0 Å². The molecule has 6 heteroatoms. The van der Waals surface area contributed by atoms with E-state index < -0.39 is 0 Å². The van der Waals surface area contributed by atoms with Crippen LogP contribution in [0.3, 0.4) is 0 Å². The number of benzene rings is 4. The van der Waals surface area contributed by atoms with E-state index in [0.717, 1.165) is 39.0 Å². The van der Waals surface area contributed by atoms with Crippen LogP contribution in [-0.4, -0.2) is 14.7 Å². The number of imidazole rings is 1. The van der Waals surface area contributed by atoms with Gasteiger partial charge in [-0.15, -0.1) is 12.4 Å². The second-order valence-corrected chi connectivity index (χ2v) is 10.2. The number of phenolic OH excluding ortho intramolecular Hbond substituents is 1. The van der Waals surface area contributed by atoms with Gasteiger partial charge in [0, 0.05) is 28.4 Å². The van der Waals surface area contributed by atoms with E-state index in [-0.39, 0.29) is 24.1 Å². The highest BCUT2D eigenvalue weighted by Crippen LogP contribution is 2.42.